The first-order chi connectivity index (χ1) is 8.79. The van der Waals surface area contributed by atoms with E-state index in [1.165, 1.54) is 0 Å². The maximum absolute atomic E-state index is 11.8. The number of hydrogen-bond donors (Lipinski definition) is 2. The normalized spacial score (nSPS) is 23.4. The molecule has 1 unspecified atom stereocenters. The van der Waals surface area contributed by atoms with Crippen molar-refractivity contribution in [2.24, 2.45) is 0 Å². The third-order valence-corrected chi connectivity index (χ3v) is 3.02. The van der Waals surface area contributed by atoms with Crippen LogP contribution in [-0.2, 0) is 9.53 Å². The van der Waals surface area contributed by atoms with Crippen molar-refractivity contribution >= 4 is 12.0 Å². The van der Waals surface area contributed by atoms with Crippen LogP contribution in [0.3, 0.4) is 0 Å². The van der Waals surface area contributed by atoms with Crippen molar-refractivity contribution in [1.82, 2.24) is 10.6 Å². The van der Waals surface area contributed by atoms with Gasteiger partial charge in [-0.05, 0) is 11.6 Å². The number of nitrogens with one attached hydrogen (secondary N) is 2. The van der Waals surface area contributed by atoms with Crippen molar-refractivity contribution in [2.75, 3.05) is 20.2 Å². The van der Waals surface area contributed by atoms with E-state index in [4.69, 9.17) is 4.74 Å². The lowest BCUT2D eigenvalue weighted by Crippen LogP contribution is -2.42. The first kappa shape index (κ1) is 12.8. The van der Waals surface area contributed by atoms with Gasteiger partial charge in [0.2, 0.25) is 5.91 Å². The molecule has 0 spiro atoms. The van der Waals surface area contributed by atoms with E-state index >= 15 is 0 Å². The molecule has 0 aliphatic carbocycles. The number of benzene rings is 1. The Morgan fingerprint density at radius 3 is 2.89 bits per heavy atom. The predicted octanol–water partition coefficient (Wildman–Crippen LogP) is 0.803. The first-order valence-corrected chi connectivity index (χ1v) is 6.07. The Hall–Kier alpha value is -1.65. The summed E-state index contributed by atoms with van der Waals surface area (Å²) < 4.78 is 5.29. The maximum Gasteiger partial charge on any atom is 0.244 e. The Labute approximate surface area is 107 Å². The van der Waals surface area contributed by atoms with Crippen molar-refractivity contribution in [3.05, 3.63) is 42.0 Å². The van der Waals surface area contributed by atoms with Crippen LogP contribution in [0.25, 0.3) is 6.08 Å². The lowest BCUT2D eigenvalue weighted by molar-refractivity contribution is -0.117. The Kier molecular flexibility index (Phi) is 4.50. The van der Waals surface area contributed by atoms with Crippen molar-refractivity contribution in [3.8, 4) is 0 Å². The molecule has 1 aromatic rings. The van der Waals surface area contributed by atoms with E-state index in [1.807, 2.05) is 30.3 Å². The zero-order valence-corrected chi connectivity index (χ0v) is 10.4. The van der Waals surface area contributed by atoms with Gasteiger partial charge < -0.3 is 15.4 Å². The second-order valence-electron chi connectivity index (χ2n) is 4.29. The molecule has 1 saturated heterocycles. The summed E-state index contributed by atoms with van der Waals surface area (Å²) >= 11 is 0. The number of amides is 1. The molecule has 1 aromatic carbocycles. The Morgan fingerprint density at radius 1 is 1.39 bits per heavy atom. The molecule has 0 saturated carbocycles. The van der Waals surface area contributed by atoms with E-state index in [1.54, 1.807) is 19.3 Å². The summed E-state index contributed by atoms with van der Waals surface area (Å²) in [6, 6.07) is 9.80. The van der Waals surface area contributed by atoms with Crippen molar-refractivity contribution in [1.29, 1.82) is 0 Å². The molecule has 1 aliphatic heterocycles. The van der Waals surface area contributed by atoms with Gasteiger partial charge in [0.05, 0.1) is 12.1 Å². The van der Waals surface area contributed by atoms with Crippen LogP contribution in [0.4, 0.5) is 0 Å². The van der Waals surface area contributed by atoms with E-state index in [2.05, 4.69) is 10.6 Å². The summed E-state index contributed by atoms with van der Waals surface area (Å²) in [5.41, 5.74) is 1.01. The highest BCUT2D eigenvalue weighted by molar-refractivity contribution is 5.91. The molecule has 18 heavy (non-hydrogen) atoms. The molecule has 96 valence electrons. The average molecular weight is 246 g/mol. The zero-order valence-electron chi connectivity index (χ0n) is 10.4. The highest BCUT2D eigenvalue weighted by Crippen LogP contribution is 2.04. The smallest absolute Gasteiger partial charge is 0.244 e. The van der Waals surface area contributed by atoms with E-state index in [-0.39, 0.29) is 18.1 Å². The van der Waals surface area contributed by atoms with Crippen LogP contribution in [-0.4, -0.2) is 38.3 Å². The van der Waals surface area contributed by atoms with Crippen LogP contribution in [0.1, 0.15) is 5.56 Å². The maximum atomic E-state index is 11.8. The van der Waals surface area contributed by atoms with E-state index < -0.39 is 0 Å². The van der Waals surface area contributed by atoms with Crippen molar-refractivity contribution < 1.29 is 9.53 Å². The molecule has 0 radical (unpaired) electrons. The van der Waals surface area contributed by atoms with Gasteiger partial charge in [-0.15, -0.1) is 0 Å². The first-order valence-electron chi connectivity index (χ1n) is 6.07. The van der Waals surface area contributed by atoms with Gasteiger partial charge in [0.25, 0.3) is 0 Å². The summed E-state index contributed by atoms with van der Waals surface area (Å²) in [5, 5.41) is 6.13. The molecule has 0 aromatic heterocycles. The molecular formula is C14H18N2O2. The van der Waals surface area contributed by atoms with Gasteiger partial charge in [-0.25, -0.2) is 0 Å². The molecule has 1 aliphatic rings. The fourth-order valence-corrected chi connectivity index (χ4v) is 2.01. The minimum Gasteiger partial charge on any atom is -0.378 e. The van der Waals surface area contributed by atoms with Gasteiger partial charge in [-0.3, -0.25) is 4.79 Å². The molecule has 1 amide bonds. The summed E-state index contributed by atoms with van der Waals surface area (Å²) in [6.07, 6.45) is 3.42. The van der Waals surface area contributed by atoms with Crippen LogP contribution in [0, 0.1) is 0 Å². The number of ether oxygens (including phenoxy) is 1. The van der Waals surface area contributed by atoms with E-state index in [0.717, 1.165) is 18.7 Å². The molecule has 0 bridgehead atoms. The van der Waals surface area contributed by atoms with Gasteiger partial charge in [-0.2, -0.15) is 0 Å². The second kappa shape index (κ2) is 6.33. The Balaban J connectivity index is 1.87. The topological polar surface area (TPSA) is 50.4 Å². The van der Waals surface area contributed by atoms with E-state index in [0.29, 0.717) is 0 Å². The molecule has 1 heterocycles. The molecule has 4 nitrogen and oxygen atoms in total. The third-order valence-electron chi connectivity index (χ3n) is 3.02. The van der Waals surface area contributed by atoms with Gasteiger partial charge in [0.1, 0.15) is 0 Å². The summed E-state index contributed by atoms with van der Waals surface area (Å²) in [5.74, 6) is -0.0883. The van der Waals surface area contributed by atoms with Crippen LogP contribution < -0.4 is 10.6 Å². The highest BCUT2D eigenvalue weighted by atomic mass is 16.5. The van der Waals surface area contributed by atoms with Crippen LogP contribution in [0.15, 0.2) is 36.4 Å². The summed E-state index contributed by atoms with van der Waals surface area (Å²) in [6.45, 7) is 1.53. The highest BCUT2D eigenvalue weighted by Gasteiger charge is 2.27. The molecule has 2 N–H and O–H groups in total. The predicted molar refractivity (Wildman–Crippen MR) is 71.1 cm³/mol. The van der Waals surface area contributed by atoms with Crippen LogP contribution in [0.2, 0.25) is 0 Å². The van der Waals surface area contributed by atoms with Gasteiger partial charge in [0.15, 0.2) is 0 Å². The van der Waals surface area contributed by atoms with Crippen molar-refractivity contribution in [2.45, 2.75) is 12.1 Å². The SMILES string of the molecule is CO[C@H]1CNCC1NC(=O)/C=C/c1ccccc1. The Bertz CT molecular complexity index is 417. The fourth-order valence-electron chi connectivity index (χ4n) is 2.01. The van der Waals surface area contributed by atoms with Gasteiger partial charge >= 0.3 is 0 Å². The van der Waals surface area contributed by atoms with Gasteiger partial charge in [0, 0.05) is 26.3 Å². The average Bonchev–Trinajstić information content (AvgIpc) is 2.85. The zero-order chi connectivity index (χ0) is 12.8. The number of carbonyl (C=O) groups excluding carboxylic acids is 1. The van der Waals surface area contributed by atoms with Gasteiger partial charge in [-0.1, -0.05) is 30.3 Å². The van der Waals surface area contributed by atoms with Crippen LogP contribution in [0.5, 0.6) is 0 Å². The number of rotatable bonds is 4. The molecule has 2 rings (SSSR count). The molecule has 4 heteroatoms. The Morgan fingerprint density at radius 2 is 2.17 bits per heavy atom. The molecule has 1 fully saturated rings. The minimum atomic E-state index is -0.0883. The van der Waals surface area contributed by atoms with Crippen LogP contribution >= 0.6 is 0 Å². The largest absolute Gasteiger partial charge is 0.378 e. The fraction of sp³-hybridized carbons (Fsp3) is 0.357. The lowest BCUT2D eigenvalue weighted by atomic mass is 10.2. The second-order valence-corrected chi connectivity index (χ2v) is 4.29. The number of hydrogen-bond acceptors (Lipinski definition) is 3. The van der Waals surface area contributed by atoms with E-state index in [9.17, 15) is 4.79 Å². The molecule has 2 atom stereocenters. The standard InChI is InChI=1S/C14H18N2O2/c1-18-13-10-15-9-12(13)16-14(17)8-7-11-5-3-2-4-6-11/h2-8,12-13,15H,9-10H2,1H3,(H,16,17)/b8-7+/t12?,13-/m0/s1. The lowest BCUT2D eigenvalue weighted by Gasteiger charge is -2.17. The third kappa shape index (κ3) is 3.42. The quantitative estimate of drug-likeness (QED) is 0.773. The summed E-state index contributed by atoms with van der Waals surface area (Å²) in [7, 11) is 1.66. The minimum absolute atomic E-state index is 0.0444. The monoisotopic (exact) mass is 246 g/mol. The number of methoxy groups -OCH3 is 1. The van der Waals surface area contributed by atoms with Crippen molar-refractivity contribution in [3.63, 3.8) is 0 Å². The molecular weight excluding hydrogens is 228 g/mol. The number of carbonyl (C=O) groups is 1. The summed E-state index contributed by atoms with van der Waals surface area (Å²) in [4.78, 5) is 11.8.